The van der Waals surface area contributed by atoms with Crippen LogP contribution in [0.5, 0.6) is 5.75 Å². The molecule has 1 heterocycles. The van der Waals surface area contributed by atoms with E-state index in [1.165, 1.54) is 0 Å². The van der Waals surface area contributed by atoms with Crippen LogP contribution >= 0.6 is 0 Å². The molecule has 0 aliphatic carbocycles. The van der Waals surface area contributed by atoms with E-state index in [-0.39, 0.29) is 12.5 Å². The Morgan fingerprint density at radius 3 is 2.85 bits per heavy atom. The summed E-state index contributed by atoms with van der Waals surface area (Å²) in [6.07, 6.45) is 1.26. The summed E-state index contributed by atoms with van der Waals surface area (Å²) in [6, 6.07) is 5.29. The molecule has 1 aromatic rings. The van der Waals surface area contributed by atoms with E-state index >= 15 is 0 Å². The van der Waals surface area contributed by atoms with Crippen LogP contribution in [0.2, 0.25) is 0 Å². The molecule has 1 aliphatic rings. The van der Waals surface area contributed by atoms with Gasteiger partial charge in [0.1, 0.15) is 5.75 Å². The number of carboxylic acid groups (broad SMARTS) is 1. The number of ether oxygens (including phenoxy) is 1. The number of hydrogen-bond acceptors (Lipinski definition) is 3. The van der Waals surface area contributed by atoms with Gasteiger partial charge in [-0.1, -0.05) is 6.92 Å². The fourth-order valence-corrected chi connectivity index (χ4v) is 2.06. The van der Waals surface area contributed by atoms with Gasteiger partial charge >= 0.3 is 5.97 Å². The van der Waals surface area contributed by atoms with Gasteiger partial charge < -0.3 is 15.2 Å². The van der Waals surface area contributed by atoms with E-state index in [0.717, 1.165) is 17.7 Å². The van der Waals surface area contributed by atoms with Crippen molar-refractivity contribution >= 4 is 11.9 Å². The van der Waals surface area contributed by atoms with E-state index in [9.17, 15) is 14.7 Å². The lowest BCUT2D eigenvalue weighted by Crippen LogP contribution is -2.40. The number of carbonyl (C=O) groups is 2. The van der Waals surface area contributed by atoms with Crippen molar-refractivity contribution < 1.29 is 19.4 Å². The van der Waals surface area contributed by atoms with Crippen LogP contribution in [0.4, 0.5) is 0 Å². The maximum Gasteiger partial charge on any atom is 0.311 e. The number of fused-ring (bicyclic) bond motifs is 1. The lowest BCUT2D eigenvalue weighted by Gasteiger charge is -2.23. The molecule has 2 rings (SSSR count). The molecule has 0 fully saturated rings. The predicted octanol–water partition coefficient (Wildman–Crippen LogP) is 1.85. The van der Waals surface area contributed by atoms with Gasteiger partial charge in [0.2, 0.25) is 0 Å². The molecule has 108 valence electrons. The number of amides is 1. The second kappa shape index (κ2) is 5.53. The lowest BCUT2D eigenvalue weighted by atomic mass is 9.87. The van der Waals surface area contributed by atoms with E-state index < -0.39 is 11.4 Å². The molecule has 1 unspecified atom stereocenters. The number of benzene rings is 1. The summed E-state index contributed by atoms with van der Waals surface area (Å²) in [4.78, 5) is 23.3. The molecule has 2 N–H and O–H groups in total. The molecule has 0 saturated heterocycles. The van der Waals surface area contributed by atoms with E-state index in [1.54, 1.807) is 26.0 Å². The highest BCUT2D eigenvalue weighted by atomic mass is 16.5. The van der Waals surface area contributed by atoms with Gasteiger partial charge in [-0.15, -0.1) is 0 Å². The summed E-state index contributed by atoms with van der Waals surface area (Å²) in [5.74, 6) is -0.325. The van der Waals surface area contributed by atoms with Gasteiger partial charge in [-0.3, -0.25) is 9.59 Å². The molecular formula is C15H19NO4. The number of nitrogens with one attached hydrogen (secondary N) is 1. The highest BCUT2D eigenvalue weighted by Gasteiger charge is 2.31. The van der Waals surface area contributed by atoms with Gasteiger partial charge in [0.15, 0.2) is 0 Å². The minimum Gasteiger partial charge on any atom is -0.493 e. The number of carboxylic acids is 1. The van der Waals surface area contributed by atoms with Crippen LogP contribution < -0.4 is 10.1 Å². The average Bonchev–Trinajstić information content (AvgIpc) is 2.91. The molecule has 1 amide bonds. The van der Waals surface area contributed by atoms with Crippen LogP contribution in [0.25, 0.3) is 0 Å². The molecule has 1 aliphatic heterocycles. The third-order valence-corrected chi connectivity index (χ3v) is 3.89. The molecule has 5 heteroatoms. The number of rotatable bonds is 5. The van der Waals surface area contributed by atoms with Gasteiger partial charge in [0.25, 0.3) is 5.91 Å². The summed E-state index contributed by atoms with van der Waals surface area (Å²) < 4.78 is 5.39. The van der Waals surface area contributed by atoms with Gasteiger partial charge in [0, 0.05) is 18.5 Å². The number of carbonyl (C=O) groups excluding carboxylic acids is 1. The van der Waals surface area contributed by atoms with Crippen molar-refractivity contribution in [1.82, 2.24) is 5.32 Å². The summed E-state index contributed by atoms with van der Waals surface area (Å²) in [6.45, 7) is 4.19. The van der Waals surface area contributed by atoms with Crippen molar-refractivity contribution in [3.63, 3.8) is 0 Å². The summed E-state index contributed by atoms with van der Waals surface area (Å²) in [7, 11) is 0. The number of hydrogen-bond donors (Lipinski definition) is 2. The highest BCUT2D eigenvalue weighted by molar-refractivity contribution is 5.95. The molecule has 20 heavy (non-hydrogen) atoms. The van der Waals surface area contributed by atoms with Gasteiger partial charge in [0.05, 0.1) is 12.0 Å². The van der Waals surface area contributed by atoms with Crippen molar-refractivity contribution in [2.75, 3.05) is 13.2 Å². The van der Waals surface area contributed by atoms with E-state index in [2.05, 4.69) is 5.32 Å². The fourth-order valence-electron chi connectivity index (χ4n) is 2.06. The Morgan fingerprint density at radius 2 is 2.20 bits per heavy atom. The minimum absolute atomic E-state index is 0.116. The molecule has 0 aromatic heterocycles. The Labute approximate surface area is 117 Å². The maximum absolute atomic E-state index is 12.1. The van der Waals surface area contributed by atoms with Crippen LogP contribution in [0, 0.1) is 5.41 Å². The zero-order chi connectivity index (χ0) is 14.8. The standard InChI is InChI=1S/C15H19NO4/c1-3-15(2,14(18)19)9-16-13(17)11-4-5-12-10(8-11)6-7-20-12/h4-5,8H,3,6-7,9H2,1-2H3,(H,16,17)(H,18,19). The first kappa shape index (κ1) is 14.4. The Morgan fingerprint density at radius 1 is 1.45 bits per heavy atom. The first-order valence-corrected chi connectivity index (χ1v) is 6.73. The predicted molar refractivity (Wildman–Crippen MR) is 74.0 cm³/mol. The summed E-state index contributed by atoms with van der Waals surface area (Å²) >= 11 is 0. The normalized spacial score (nSPS) is 15.9. The number of aliphatic carboxylic acids is 1. The van der Waals surface area contributed by atoms with E-state index in [0.29, 0.717) is 18.6 Å². The fraction of sp³-hybridized carbons (Fsp3) is 0.467. The molecule has 0 spiro atoms. The molecule has 0 bridgehead atoms. The first-order valence-electron chi connectivity index (χ1n) is 6.73. The quantitative estimate of drug-likeness (QED) is 0.861. The molecule has 1 aromatic carbocycles. The molecule has 0 saturated carbocycles. The van der Waals surface area contributed by atoms with Crippen molar-refractivity contribution in [2.24, 2.45) is 5.41 Å². The molecule has 1 atom stereocenters. The monoisotopic (exact) mass is 277 g/mol. The third-order valence-electron chi connectivity index (χ3n) is 3.89. The molecule has 0 radical (unpaired) electrons. The highest BCUT2D eigenvalue weighted by Crippen LogP contribution is 2.26. The van der Waals surface area contributed by atoms with Gasteiger partial charge in [-0.2, -0.15) is 0 Å². The van der Waals surface area contributed by atoms with Crippen molar-refractivity contribution in [3.8, 4) is 5.75 Å². The zero-order valence-electron chi connectivity index (χ0n) is 11.7. The Balaban J connectivity index is 2.04. The van der Waals surface area contributed by atoms with Gasteiger partial charge in [-0.25, -0.2) is 0 Å². The minimum atomic E-state index is -0.935. The second-order valence-electron chi connectivity index (χ2n) is 5.32. The topological polar surface area (TPSA) is 75.6 Å². The van der Waals surface area contributed by atoms with Crippen LogP contribution in [-0.4, -0.2) is 30.1 Å². The SMILES string of the molecule is CCC(C)(CNC(=O)c1ccc2c(c1)CCO2)C(=O)O. The first-order chi connectivity index (χ1) is 9.46. The smallest absolute Gasteiger partial charge is 0.311 e. The molecular weight excluding hydrogens is 258 g/mol. The summed E-state index contributed by atoms with van der Waals surface area (Å²) in [5.41, 5.74) is 0.627. The molecule has 5 nitrogen and oxygen atoms in total. The Hall–Kier alpha value is -2.04. The van der Waals surface area contributed by atoms with Crippen molar-refractivity contribution in [3.05, 3.63) is 29.3 Å². The Bertz CT molecular complexity index is 541. The van der Waals surface area contributed by atoms with E-state index in [4.69, 9.17) is 4.74 Å². The van der Waals surface area contributed by atoms with Crippen LogP contribution in [0.1, 0.15) is 36.2 Å². The van der Waals surface area contributed by atoms with Crippen LogP contribution in [0.3, 0.4) is 0 Å². The maximum atomic E-state index is 12.1. The van der Waals surface area contributed by atoms with Gasteiger partial charge in [-0.05, 0) is 37.1 Å². The van der Waals surface area contributed by atoms with Crippen LogP contribution in [0.15, 0.2) is 18.2 Å². The van der Waals surface area contributed by atoms with Crippen LogP contribution in [-0.2, 0) is 11.2 Å². The van der Waals surface area contributed by atoms with E-state index in [1.807, 2.05) is 6.07 Å². The Kier molecular flexibility index (Phi) is 3.97. The van der Waals surface area contributed by atoms with Crippen molar-refractivity contribution in [2.45, 2.75) is 26.7 Å². The summed E-state index contributed by atoms with van der Waals surface area (Å²) in [5, 5.41) is 11.9. The van der Waals surface area contributed by atoms with Crippen molar-refractivity contribution in [1.29, 1.82) is 0 Å². The zero-order valence-corrected chi connectivity index (χ0v) is 11.7. The lowest BCUT2D eigenvalue weighted by molar-refractivity contribution is -0.147. The largest absolute Gasteiger partial charge is 0.493 e. The third kappa shape index (κ3) is 2.76. The second-order valence-corrected chi connectivity index (χ2v) is 5.32. The average molecular weight is 277 g/mol.